The fraction of sp³-hybridized carbons (Fsp3) is 0.136. The van der Waals surface area contributed by atoms with Crippen LogP contribution >= 0.6 is 0 Å². The second kappa shape index (κ2) is 9.53. The number of hydrazone groups is 1. The van der Waals surface area contributed by atoms with Gasteiger partial charge in [0, 0.05) is 5.56 Å². The van der Waals surface area contributed by atoms with Gasteiger partial charge in [-0.2, -0.15) is 20.1 Å². The van der Waals surface area contributed by atoms with Gasteiger partial charge in [0.05, 0.1) is 18.5 Å². The molecule has 0 fully saturated rings. The Bertz CT molecular complexity index is 1290. The Kier molecular flexibility index (Phi) is 6.60. The van der Waals surface area contributed by atoms with E-state index in [-0.39, 0.29) is 34.0 Å². The van der Waals surface area contributed by atoms with E-state index in [1.165, 1.54) is 31.3 Å². The number of nitriles is 1. The fourth-order valence-corrected chi connectivity index (χ4v) is 2.81. The van der Waals surface area contributed by atoms with Gasteiger partial charge in [0.25, 0.3) is 11.5 Å². The van der Waals surface area contributed by atoms with Crippen LogP contribution in [0.5, 0.6) is 11.5 Å². The molecule has 32 heavy (non-hydrogen) atoms. The first kappa shape index (κ1) is 22.2. The molecular weight excluding hydrogens is 417 g/mol. The Labute approximate surface area is 182 Å². The molecule has 0 unspecified atom stereocenters. The van der Waals surface area contributed by atoms with E-state index >= 15 is 0 Å². The van der Waals surface area contributed by atoms with Crippen molar-refractivity contribution in [2.45, 2.75) is 13.8 Å². The number of amides is 1. The van der Waals surface area contributed by atoms with Gasteiger partial charge in [-0.3, -0.25) is 9.59 Å². The lowest BCUT2D eigenvalue weighted by Gasteiger charge is -2.10. The van der Waals surface area contributed by atoms with E-state index in [4.69, 9.17) is 4.74 Å². The molecule has 9 nitrogen and oxygen atoms in total. The van der Waals surface area contributed by atoms with Crippen molar-refractivity contribution in [3.05, 3.63) is 81.0 Å². The number of hydrogen-bond donors (Lipinski definition) is 2. The zero-order valence-corrected chi connectivity index (χ0v) is 17.2. The molecule has 0 bridgehead atoms. The van der Waals surface area contributed by atoms with Gasteiger partial charge in [0.15, 0.2) is 17.2 Å². The number of benzene rings is 2. The highest BCUT2D eigenvalue weighted by Gasteiger charge is 2.20. The van der Waals surface area contributed by atoms with Crippen molar-refractivity contribution in [1.29, 1.82) is 5.26 Å². The third kappa shape index (κ3) is 4.62. The predicted octanol–water partition coefficient (Wildman–Crippen LogP) is 2.42. The third-order valence-electron chi connectivity index (χ3n) is 4.40. The molecule has 0 spiro atoms. The van der Waals surface area contributed by atoms with Crippen LogP contribution in [0.25, 0.3) is 5.69 Å². The number of phenols is 1. The zero-order valence-electron chi connectivity index (χ0n) is 17.2. The number of rotatable bonds is 6. The summed E-state index contributed by atoms with van der Waals surface area (Å²) >= 11 is 0. The van der Waals surface area contributed by atoms with Crippen LogP contribution in [0.15, 0.2) is 52.4 Å². The number of hydrogen-bond acceptors (Lipinski definition) is 7. The monoisotopic (exact) mass is 435 g/mol. The molecule has 2 aromatic carbocycles. The standard InChI is InChI=1S/C22H18FN5O4/c1-3-32-19-10-14(4-9-18(19)29)12-25-26-21(30)20-13(2)17(11-24)22(31)28(27-20)16-7-5-15(23)6-8-16/h4-10,12,29H,3H2,1-2H3,(H,26,30)/b25-12+. The highest BCUT2D eigenvalue weighted by molar-refractivity contribution is 5.94. The van der Waals surface area contributed by atoms with Crippen LogP contribution in [0.4, 0.5) is 4.39 Å². The van der Waals surface area contributed by atoms with Crippen LogP contribution in [0.1, 0.15) is 34.1 Å². The van der Waals surface area contributed by atoms with Crippen molar-refractivity contribution in [3.8, 4) is 23.3 Å². The lowest BCUT2D eigenvalue weighted by molar-refractivity contribution is 0.0947. The Balaban J connectivity index is 1.91. The number of halogens is 1. The summed E-state index contributed by atoms with van der Waals surface area (Å²) in [5.74, 6) is -1.02. The smallest absolute Gasteiger partial charge is 0.292 e. The minimum absolute atomic E-state index is 0.0278. The summed E-state index contributed by atoms with van der Waals surface area (Å²) in [6, 6.07) is 11.2. The summed E-state index contributed by atoms with van der Waals surface area (Å²) in [6.07, 6.45) is 1.33. The Morgan fingerprint density at radius 2 is 2.06 bits per heavy atom. The second-order valence-corrected chi connectivity index (χ2v) is 6.51. The molecule has 0 aliphatic rings. The summed E-state index contributed by atoms with van der Waals surface area (Å²) in [5.41, 5.74) is 1.93. The summed E-state index contributed by atoms with van der Waals surface area (Å²) < 4.78 is 19.4. The topological polar surface area (TPSA) is 130 Å². The van der Waals surface area contributed by atoms with E-state index < -0.39 is 17.3 Å². The SMILES string of the molecule is CCOc1cc(/C=N/NC(=O)c2nn(-c3ccc(F)cc3)c(=O)c(C#N)c2C)ccc1O. The van der Waals surface area contributed by atoms with Crippen LogP contribution in [0.3, 0.4) is 0 Å². The van der Waals surface area contributed by atoms with E-state index in [2.05, 4.69) is 15.6 Å². The molecule has 1 heterocycles. The molecule has 0 saturated heterocycles. The minimum Gasteiger partial charge on any atom is -0.504 e. The fourth-order valence-electron chi connectivity index (χ4n) is 2.81. The molecule has 0 atom stereocenters. The molecule has 1 amide bonds. The Morgan fingerprint density at radius 3 is 2.72 bits per heavy atom. The molecule has 2 N–H and O–H groups in total. The first-order valence-corrected chi connectivity index (χ1v) is 9.45. The maximum atomic E-state index is 13.2. The minimum atomic E-state index is -0.755. The number of ether oxygens (including phenoxy) is 1. The van der Waals surface area contributed by atoms with Crippen molar-refractivity contribution in [1.82, 2.24) is 15.2 Å². The van der Waals surface area contributed by atoms with E-state index in [9.17, 15) is 24.3 Å². The first-order chi connectivity index (χ1) is 15.3. The molecule has 0 aliphatic carbocycles. The summed E-state index contributed by atoms with van der Waals surface area (Å²) in [7, 11) is 0. The molecule has 0 radical (unpaired) electrons. The van der Waals surface area contributed by atoms with Crippen LogP contribution in [0, 0.1) is 24.1 Å². The Hall–Kier alpha value is -4.52. The largest absolute Gasteiger partial charge is 0.504 e. The van der Waals surface area contributed by atoms with Gasteiger partial charge < -0.3 is 9.84 Å². The van der Waals surface area contributed by atoms with Gasteiger partial charge in [-0.05, 0) is 61.9 Å². The maximum Gasteiger partial charge on any atom is 0.292 e. The highest BCUT2D eigenvalue weighted by Crippen LogP contribution is 2.26. The average Bonchev–Trinajstić information content (AvgIpc) is 2.77. The van der Waals surface area contributed by atoms with Gasteiger partial charge in [0.2, 0.25) is 0 Å². The molecule has 3 aromatic rings. The predicted molar refractivity (Wildman–Crippen MR) is 114 cm³/mol. The van der Waals surface area contributed by atoms with Crippen molar-refractivity contribution >= 4 is 12.1 Å². The van der Waals surface area contributed by atoms with E-state index in [0.717, 1.165) is 16.8 Å². The molecule has 1 aromatic heterocycles. The van der Waals surface area contributed by atoms with Crippen molar-refractivity contribution < 1.29 is 19.0 Å². The first-order valence-electron chi connectivity index (χ1n) is 9.45. The van der Waals surface area contributed by atoms with Gasteiger partial charge in [0.1, 0.15) is 17.4 Å². The summed E-state index contributed by atoms with van der Waals surface area (Å²) in [6.45, 7) is 3.56. The van der Waals surface area contributed by atoms with Gasteiger partial charge >= 0.3 is 0 Å². The van der Waals surface area contributed by atoms with Crippen LogP contribution in [-0.2, 0) is 0 Å². The quantitative estimate of drug-likeness (QED) is 0.452. The molecule has 162 valence electrons. The lowest BCUT2D eigenvalue weighted by Crippen LogP contribution is -2.31. The average molecular weight is 435 g/mol. The number of carbonyl (C=O) groups excluding carboxylic acids is 1. The molecule has 0 aliphatic heterocycles. The van der Waals surface area contributed by atoms with E-state index in [1.807, 2.05) is 0 Å². The number of aromatic nitrogens is 2. The normalized spacial score (nSPS) is 10.7. The molecule has 0 saturated carbocycles. The highest BCUT2D eigenvalue weighted by atomic mass is 19.1. The van der Waals surface area contributed by atoms with E-state index in [1.54, 1.807) is 25.1 Å². The van der Waals surface area contributed by atoms with Crippen molar-refractivity contribution in [2.75, 3.05) is 6.61 Å². The summed E-state index contributed by atoms with van der Waals surface area (Å²) in [5, 5.41) is 27.0. The maximum absolute atomic E-state index is 13.2. The van der Waals surface area contributed by atoms with Crippen molar-refractivity contribution in [3.63, 3.8) is 0 Å². The molecule has 3 rings (SSSR count). The number of nitrogens with one attached hydrogen (secondary N) is 1. The number of phenolic OH excluding ortho intramolecular Hbond substituents is 1. The van der Waals surface area contributed by atoms with Crippen molar-refractivity contribution in [2.24, 2.45) is 5.10 Å². The van der Waals surface area contributed by atoms with Crippen LogP contribution in [-0.4, -0.2) is 33.6 Å². The van der Waals surface area contributed by atoms with Gasteiger partial charge in [-0.1, -0.05) is 0 Å². The number of carbonyl (C=O) groups is 1. The Morgan fingerprint density at radius 1 is 1.34 bits per heavy atom. The van der Waals surface area contributed by atoms with Crippen LogP contribution < -0.4 is 15.7 Å². The second-order valence-electron chi connectivity index (χ2n) is 6.51. The number of nitrogens with zero attached hydrogens (tertiary/aromatic N) is 4. The van der Waals surface area contributed by atoms with E-state index in [0.29, 0.717) is 12.2 Å². The molecule has 10 heteroatoms. The zero-order chi connectivity index (χ0) is 23.3. The van der Waals surface area contributed by atoms with Gasteiger partial charge in [-0.15, -0.1) is 0 Å². The van der Waals surface area contributed by atoms with Crippen LogP contribution in [0.2, 0.25) is 0 Å². The lowest BCUT2D eigenvalue weighted by atomic mass is 10.1. The number of aromatic hydroxyl groups is 1. The summed E-state index contributed by atoms with van der Waals surface area (Å²) in [4.78, 5) is 25.2. The molecular formula is C22H18FN5O4. The third-order valence-corrected chi connectivity index (χ3v) is 4.40. The van der Waals surface area contributed by atoms with Gasteiger partial charge in [-0.25, -0.2) is 9.82 Å².